The molecule has 0 aliphatic carbocycles. The van der Waals surface area contributed by atoms with E-state index in [1.807, 2.05) is 13.0 Å². The van der Waals surface area contributed by atoms with Crippen LogP contribution in [-0.4, -0.2) is 23.0 Å². The zero-order valence-corrected chi connectivity index (χ0v) is 8.52. The quantitative estimate of drug-likeness (QED) is 0.661. The number of fused-ring (bicyclic) bond motifs is 1. The van der Waals surface area contributed by atoms with E-state index in [2.05, 4.69) is 14.7 Å². The summed E-state index contributed by atoms with van der Waals surface area (Å²) in [5.41, 5.74) is 1.96. The number of esters is 1. The highest BCUT2D eigenvalue weighted by Gasteiger charge is 2.11. The van der Waals surface area contributed by atoms with E-state index in [0.29, 0.717) is 11.1 Å². The minimum absolute atomic E-state index is 0.376. The standard InChI is InChI=1S/C11H10N2O2/c1-7-8-4-3-5-9(11(14)15-2)10(8)13-6-12-7/h3-6H,1-2H3. The maximum Gasteiger partial charge on any atom is 0.340 e. The summed E-state index contributed by atoms with van der Waals surface area (Å²) in [5.74, 6) is -0.376. The molecule has 0 aliphatic heterocycles. The first-order valence-corrected chi connectivity index (χ1v) is 4.52. The van der Waals surface area contributed by atoms with Crippen LogP contribution >= 0.6 is 0 Å². The molecule has 1 heterocycles. The average molecular weight is 202 g/mol. The molecule has 0 amide bonds. The summed E-state index contributed by atoms with van der Waals surface area (Å²) in [7, 11) is 1.36. The van der Waals surface area contributed by atoms with E-state index in [4.69, 9.17) is 0 Å². The van der Waals surface area contributed by atoms with Crippen molar-refractivity contribution in [1.29, 1.82) is 0 Å². The predicted octanol–water partition coefficient (Wildman–Crippen LogP) is 1.72. The van der Waals surface area contributed by atoms with Crippen molar-refractivity contribution in [3.8, 4) is 0 Å². The van der Waals surface area contributed by atoms with Crippen LogP contribution in [0.4, 0.5) is 0 Å². The maximum absolute atomic E-state index is 11.5. The molecule has 0 N–H and O–H groups in total. The molecule has 2 aromatic rings. The highest BCUT2D eigenvalue weighted by atomic mass is 16.5. The van der Waals surface area contributed by atoms with Crippen LogP contribution in [-0.2, 0) is 4.74 Å². The van der Waals surface area contributed by atoms with Crippen LogP contribution in [0.15, 0.2) is 24.5 Å². The summed E-state index contributed by atoms with van der Waals surface area (Å²) >= 11 is 0. The summed E-state index contributed by atoms with van der Waals surface area (Å²) in [4.78, 5) is 19.6. The number of hydrogen-bond donors (Lipinski definition) is 0. The van der Waals surface area contributed by atoms with Gasteiger partial charge in [-0.1, -0.05) is 12.1 Å². The lowest BCUT2D eigenvalue weighted by atomic mass is 10.1. The number of hydrogen-bond acceptors (Lipinski definition) is 4. The van der Waals surface area contributed by atoms with Gasteiger partial charge in [0.25, 0.3) is 0 Å². The van der Waals surface area contributed by atoms with Crippen molar-refractivity contribution in [2.45, 2.75) is 6.92 Å². The van der Waals surface area contributed by atoms with Gasteiger partial charge in [-0.2, -0.15) is 0 Å². The van der Waals surface area contributed by atoms with E-state index in [0.717, 1.165) is 11.1 Å². The van der Waals surface area contributed by atoms with Gasteiger partial charge in [-0.3, -0.25) is 0 Å². The Kier molecular flexibility index (Phi) is 2.33. The molecule has 0 fully saturated rings. The first kappa shape index (κ1) is 9.58. The van der Waals surface area contributed by atoms with Gasteiger partial charge in [-0.25, -0.2) is 14.8 Å². The van der Waals surface area contributed by atoms with E-state index in [1.54, 1.807) is 12.1 Å². The fourth-order valence-electron chi connectivity index (χ4n) is 1.49. The Morgan fingerprint density at radius 1 is 1.33 bits per heavy atom. The molecular formula is C11H10N2O2. The second-order valence-corrected chi connectivity index (χ2v) is 3.15. The molecule has 0 spiro atoms. The Morgan fingerprint density at radius 2 is 2.13 bits per heavy atom. The van der Waals surface area contributed by atoms with Gasteiger partial charge in [-0.15, -0.1) is 0 Å². The third-order valence-electron chi connectivity index (χ3n) is 2.27. The van der Waals surface area contributed by atoms with Crippen molar-refractivity contribution < 1.29 is 9.53 Å². The second-order valence-electron chi connectivity index (χ2n) is 3.15. The summed E-state index contributed by atoms with van der Waals surface area (Å²) in [6, 6.07) is 5.38. The number of carbonyl (C=O) groups is 1. The normalized spacial score (nSPS) is 10.3. The van der Waals surface area contributed by atoms with Crippen LogP contribution in [0.1, 0.15) is 16.1 Å². The molecule has 2 rings (SSSR count). The summed E-state index contributed by atoms with van der Waals surface area (Å²) < 4.78 is 4.68. The van der Waals surface area contributed by atoms with Crippen LogP contribution in [0.3, 0.4) is 0 Å². The third kappa shape index (κ3) is 1.54. The SMILES string of the molecule is COC(=O)c1cccc2c(C)ncnc12. The van der Waals surface area contributed by atoms with Crippen molar-refractivity contribution in [1.82, 2.24) is 9.97 Å². The highest BCUT2D eigenvalue weighted by molar-refractivity contribution is 6.02. The fraction of sp³-hybridized carbons (Fsp3) is 0.182. The monoisotopic (exact) mass is 202 g/mol. The van der Waals surface area contributed by atoms with Crippen LogP contribution in [0.25, 0.3) is 10.9 Å². The lowest BCUT2D eigenvalue weighted by Gasteiger charge is -2.04. The van der Waals surface area contributed by atoms with Gasteiger partial charge < -0.3 is 4.74 Å². The first-order valence-electron chi connectivity index (χ1n) is 4.52. The van der Waals surface area contributed by atoms with Crippen LogP contribution < -0.4 is 0 Å². The molecule has 0 bridgehead atoms. The zero-order valence-electron chi connectivity index (χ0n) is 8.52. The molecule has 0 atom stereocenters. The van der Waals surface area contributed by atoms with Crippen LogP contribution in [0, 0.1) is 6.92 Å². The van der Waals surface area contributed by atoms with Gasteiger partial charge in [0.1, 0.15) is 6.33 Å². The number of benzene rings is 1. The average Bonchev–Trinajstić information content (AvgIpc) is 2.28. The molecule has 0 saturated carbocycles. The molecule has 0 unspecified atom stereocenters. The lowest BCUT2D eigenvalue weighted by molar-refractivity contribution is 0.0603. The Hall–Kier alpha value is -1.97. The molecule has 15 heavy (non-hydrogen) atoms. The van der Waals surface area contributed by atoms with Gasteiger partial charge >= 0.3 is 5.97 Å². The van der Waals surface area contributed by atoms with Crippen molar-refractivity contribution in [3.05, 3.63) is 35.8 Å². The molecule has 1 aromatic carbocycles. The van der Waals surface area contributed by atoms with Crippen LogP contribution in [0.2, 0.25) is 0 Å². The van der Waals surface area contributed by atoms with Gasteiger partial charge in [0.05, 0.1) is 18.2 Å². The molecular weight excluding hydrogens is 192 g/mol. The van der Waals surface area contributed by atoms with Gasteiger partial charge in [-0.05, 0) is 13.0 Å². The molecule has 76 valence electrons. The number of nitrogens with zero attached hydrogens (tertiary/aromatic N) is 2. The fourth-order valence-corrected chi connectivity index (χ4v) is 1.49. The maximum atomic E-state index is 11.5. The Labute approximate surface area is 86.9 Å². The zero-order chi connectivity index (χ0) is 10.8. The van der Waals surface area contributed by atoms with E-state index in [1.165, 1.54) is 13.4 Å². The molecule has 0 saturated heterocycles. The van der Waals surface area contributed by atoms with E-state index < -0.39 is 0 Å². The number of methoxy groups -OCH3 is 1. The Bertz CT molecular complexity index is 523. The second kappa shape index (κ2) is 3.65. The summed E-state index contributed by atoms with van der Waals surface area (Å²) in [5, 5.41) is 0.875. The largest absolute Gasteiger partial charge is 0.465 e. The third-order valence-corrected chi connectivity index (χ3v) is 2.27. The number of aromatic nitrogens is 2. The Morgan fingerprint density at radius 3 is 2.87 bits per heavy atom. The molecule has 4 nitrogen and oxygen atoms in total. The van der Waals surface area contributed by atoms with Crippen molar-refractivity contribution >= 4 is 16.9 Å². The number of aryl methyl sites for hydroxylation is 1. The molecule has 4 heteroatoms. The minimum atomic E-state index is -0.376. The highest BCUT2D eigenvalue weighted by Crippen LogP contribution is 2.18. The van der Waals surface area contributed by atoms with Crippen LogP contribution in [0.5, 0.6) is 0 Å². The molecule has 1 aromatic heterocycles. The predicted molar refractivity (Wildman–Crippen MR) is 55.6 cm³/mol. The summed E-state index contributed by atoms with van der Waals surface area (Å²) in [6.07, 6.45) is 1.45. The number of carbonyl (C=O) groups excluding carboxylic acids is 1. The van der Waals surface area contributed by atoms with E-state index in [-0.39, 0.29) is 5.97 Å². The van der Waals surface area contributed by atoms with Crippen molar-refractivity contribution in [2.75, 3.05) is 7.11 Å². The van der Waals surface area contributed by atoms with Crippen molar-refractivity contribution in [2.24, 2.45) is 0 Å². The minimum Gasteiger partial charge on any atom is -0.465 e. The number of rotatable bonds is 1. The lowest BCUT2D eigenvalue weighted by Crippen LogP contribution is -2.03. The topological polar surface area (TPSA) is 52.1 Å². The Balaban J connectivity index is 2.77. The van der Waals surface area contributed by atoms with E-state index in [9.17, 15) is 4.79 Å². The molecule has 0 aliphatic rings. The number of ether oxygens (including phenoxy) is 1. The molecule has 0 radical (unpaired) electrons. The number of para-hydroxylation sites is 1. The first-order chi connectivity index (χ1) is 7.24. The van der Waals surface area contributed by atoms with Gasteiger partial charge in [0.2, 0.25) is 0 Å². The summed E-state index contributed by atoms with van der Waals surface area (Å²) in [6.45, 7) is 1.88. The van der Waals surface area contributed by atoms with Gasteiger partial charge in [0.15, 0.2) is 0 Å². The van der Waals surface area contributed by atoms with Gasteiger partial charge in [0, 0.05) is 11.1 Å². The van der Waals surface area contributed by atoms with Crippen molar-refractivity contribution in [3.63, 3.8) is 0 Å². The van der Waals surface area contributed by atoms with E-state index >= 15 is 0 Å². The smallest absolute Gasteiger partial charge is 0.340 e.